The molecule has 2 aliphatic rings. The summed E-state index contributed by atoms with van der Waals surface area (Å²) < 4.78 is 0. The zero-order valence-electron chi connectivity index (χ0n) is 15.2. The molecule has 0 aliphatic carbocycles. The summed E-state index contributed by atoms with van der Waals surface area (Å²) in [4.78, 5) is 33.1. The maximum absolute atomic E-state index is 12.7. The van der Waals surface area contributed by atoms with Gasteiger partial charge in [0.25, 0.3) is 0 Å². The Bertz CT molecular complexity index is 604. The fourth-order valence-corrected chi connectivity index (χ4v) is 4.20. The maximum Gasteiger partial charge on any atom is 0.227 e. The Hall–Kier alpha value is -1.91. The number of rotatable bonds is 5. The summed E-state index contributed by atoms with van der Waals surface area (Å²) in [5, 5.41) is 0. The molecule has 1 aromatic rings. The van der Waals surface area contributed by atoms with Gasteiger partial charge in [-0.25, -0.2) is 0 Å². The van der Waals surface area contributed by atoms with Crippen LogP contribution in [0.4, 0.5) is 0 Å². The standard InChI is InChI=1S/C20H29N3O2/c1-2-3-11-22-15-20(9-7-18(22)24)8-5-12-23(16-20)19(25)13-17-6-4-10-21-14-17/h4,6,10,14H,2-3,5,7-9,11-13,15-16H2,1H3. The summed E-state index contributed by atoms with van der Waals surface area (Å²) in [5.74, 6) is 0.474. The second kappa shape index (κ2) is 7.98. The number of likely N-dealkylation sites (tertiary alicyclic amines) is 2. The van der Waals surface area contributed by atoms with Crippen molar-refractivity contribution in [3.63, 3.8) is 0 Å². The lowest BCUT2D eigenvalue weighted by Gasteiger charge is -2.48. The average Bonchev–Trinajstić information content (AvgIpc) is 2.64. The molecule has 25 heavy (non-hydrogen) atoms. The Labute approximate surface area is 150 Å². The van der Waals surface area contributed by atoms with Crippen LogP contribution in [-0.2, 0) is 16.0 Å². The van der Waals surface area contributed by atoms with E-state index in [4.69, 9.17) is 0 Å². The first-order chi connectivity index (χ1) is 12.1. The van der Waals surface area contributed by atoms with Gasteiger partial charge < -0.3 is 9.80 Å². The van der Waals surface area contributed by atoms with Crippen LogP contribution in [0.25, 0.3) is 0 Å². The van der Waals surface area contributed by atoms with Crippen LogP contribution in [0.1, 0.15) is 51.0 Å². The lowest BCUT2D eigenvalue weighted by molar-refractivity contribution is -0.142. The molecule has 5 nitrogen and oxygen atoms in total. The van der Waals surface area contributed by atoms with E-state index in [1.807, 2.05) is 21.9 Å². The van der Waals surface area contributed by atoms with Crippen LogP contribution in [0, 0.1) is 5.41 Å². The monoisotopic (exact) mass is 343 g/mol. The lowest BCUT2D eigenvalue weighted by Crippen LogP contribution is -2.55. The highest BCUT2D eigenvalue weighted by Crippen LogP contribution is 2.39. The molecule has 2 saturated heterocycles. The van der Waals surface area contributed by atoms with E-state index < -0.39 is 0 Å². The smallest absolute Gasteiger partial charge is 0.227 e. The minimum absolute atomic E-state index is 0.102. The number of amides is 2. The van der Waals surface area contributed by atoms with E-state index >= 15 is 0 Å². The van der Waals surface area contributed by atoms with Gasteiger partial charge in [0.2, 0.25) is 11.8 Å². The number of unbranched alkanes of at least 4 members (excludes halogenated alkanes) is 1. The molecule has 0 bridgehead atoms. The van der Waals surface area contributed by atoms with E-state index in [0.29, 0.717) is 12.8 Å². The van der Waals surface area contributed by atoms with Crippen LogP contribution in [0.3, 0.4) is 0 Å². The number of aromatic nitrogens is 1. The molecule has 1 unspecified atom stereocenters. The van der Waals surface area contributed by atoms with Crippen molar-refractivity contribution >= 4 is 11.8 Å². The predicted octanol–water partition coefficient (Wildman–Crippen LogP) is 2.66. The normalized spacial score (nSPS) is 24.0. The van der Waals surface area contributed by atoms with Gasteiger partial charge in [-0.1, -0.05) is 19.4 Å². The van der Waals surface area contributed by atoms with Crippen molar-refractivity contribution in [2.24, 2.45) is 5.41 Å². The molecule has 5 heteroatoms. The van der Waals surface area contributed by atoms with Crippen LogP contribution in [0.15, 0.2) is 24.5 Å². The van der Waals surface area contributed by atoms with Gasteiger partial charge in [-0.05, 0) is 37.3 Å². The number of pyridine rings is 1. The van der Waals surface area contributed by atoms with E-state index in [0.717, 1.165) is 63.8 Å². The van der Waals surface area contributed by atoms with E-state index in [1.54, 1.807) is 12.4 Å². The molecule has 2 aliphatic heterocycles. The van der Waals surface area contributed by atoms with E-state index in [1.165, 1.54) is 0 Å². The second-order valence-corrected chi connectivity index (χ2v) is 7.63. The third-order valence-corrected chi connectivity index (χ3v) is 5.62. The van der Waals surface area contributed by atoms with Crippen LogP contribution in [-0.4, -0.2) is 52.8 Å². The lowest BCUT2D eigenvalue weighted by atomic mass is 9.73. The number of piperidine rings is 2. The van der Waals surface area contributed by atoms with Crippen molar-refractivity contribution in [1.82, 2.24) is 14.8 Å². The Morgan fingerprint density at radius 1 is 1.32 bits per heavy atom. The molecule has 2 fully saturated rings. The molecule has 0 N–H and O–H groups in total. The van der Waals surface area contributed by atoms with Gasteiger partial charge in [-0.15, -0.1) is 0 Å². The second-order valence-electron chi connectivity index (χ2n) is 7.63. The van der Waals surface area contributed by atoms with E-state index in [9.17, 15) is 9.59 Å². The molecular weight excluding hydrogens is 314 g/mol. The fraction of sp³-hybridized carbons (Fsp3) is 0.650. The topological polar surface area (TPSA) is 53.5 Å². The summed E-state index contributed by atoms with van der Waals surface area (Å²) in [6, 6.07) is 3.83. The largest absolute Gasteiger partial charge is 0.342 e. The molecule has 0 radical (unpaired) electrons. The highest BCUT2D eigenvalue weighted by atomic mass is 16.2. The third-order valence-electron chi connectivity index (χ3n) is 5.62. The van der Waals surface area contributed by atoms with Gasteiger partial charge in [0.05, 0.1) is 6.42 Å². The van der Waals surface area contributed by atoms with Crippen LogP contribution >= 0.6 is 0 Å². The van der Waals surface area contributed by atoms with Crippen molar-refractivity contribution in [2.45, 2.75) is 51.9 Å². The number of nitrogens with zero attached hydrogens (tertiary/aromatic N) is 3. The Morgan fingerprint density at radius 2 is 2.20 bits per heavy atom. The van der Waals surface area contributed by atoms with Crippen molar-refractivity contribution in [1.29, 1.82) is 0 Å². The molecule has 1 spiro atoms. The zero-order valence-corrected chi connectivity index (χ0v) is 15.2. The van der Waals surface area contributed by atoms with Crippen molar-refractivity contribution in [2.75, 3.05) is 26.2 Å². The first kappa shape index (κ1) is 17.9. The molecule has 0 saturated carbocycles. The highest BCUT2D eigenvalue weighted by Gasteiger charge is 2.42. The highest BCUT2D eigenvalue weighted by molar-refractivity contribution is 5.79. The van der Waals surface area contributed by atoms with E-state index in [2.05, 4.69) is 11.9 Å². The summed E-state index contributed by atoms with van der Waals surface area (Å²) >= 11 is 0. The minimum atomic E-state index is 0.102. The van der Waals surface area contributed by atoms with Crippen molar-refractivity contribution < 1.29 is 9.59 Å². The van der Waals surface area contributed by atoms with Gasteiger partial charge in [0.1, 0.15) is 0 Å². The molecule has 3 rings (SSSR count). The minimum Gasteiger partial charge on any atom is -0.342 e. The van der Waals surface area contributed by atoms with E-state index in [-0.39, 0.29) is 17.2 Å². The van der Waals surface area contributed by atoms with Gasteiger partial charge in [0.15, 0.2) is 0 Å². The number of hydrogen-bond donors (Lipinski definition) is 0. The quantitative estimate of drug-likeness (QED) is 0.826. The Kier molecular flexibility index (Phi) is 5.71. The summed E-state index contributed by atoms with van der Waals surface area (Å²) in [5.41, 5.74) is 1.07. The Balaban J connectivity index is 1.63. The molecule has 1 aromatic heterocycles. The van der Waals surface area contributed by atoms with Crippen LogP contribution < -0.4 is 0 Å². The van der Waals surface area contributed by atoms with Crippen LogP contribution in [0.5, 0.6) is 0 Å². The summed E-state index contributed by atoms with van der Waals surface area (Å²) in [7, 11) is 0. The van der Waals surface area contributed by atoms with Gasteiger partial charge in [-0.3, -0.25) is 14.6 Å². The summed E-state index contributed by atoms with van der Waals surface area (Å²) in [6.07, 6.45) is 9.80. The first-order valence-electron chi connectivity index (χ1n) is 9.56. The molecule has 3 heterocycles. The number of carbonyl (C=O) groups is 2. The van der Waals surface area contributed by atoms with Gasteiger partial charge in [0, 0.05) is 50.4 Å². The zero-order chi connectivity index (χ0) is 17.7. The molecule has 2 amide bonds. The SMILES string of the molecule is CCCCN1CC2(CCCN(C(=O)Cc3cccnc3)C2)CCC1=O. The molecular formula is C20H29N3O2. The molecule has 0 aromatic carbocycles. The van der Waals surface area contributed by atoms with Crippen molar-refractivity contribution in [3.8, 4) is 0 Å². The summed E-state index contributed by atoms with van der Waals surface area (Å²) in [6.45, 7) is 5.47. The first-order valence-corrected chi connectivity index (χ1v) is 9.56. The Morgan fingerprint density at radius 3 is 2.96 bits per heavy atom. The third kappa shape index (κ3) is 4.39. The van der Waals surface area contributed by atoms with Crippen molar-refractivity contribution in [3.05, 3.63) is 30.1 Å². The molecule has 136 valence electrons. The molecule has 1 atom stereocenters. The maximum atomic E-state index is 12.7. The van der Waals surface area contributed by atoms with Gasteiger partial charge >= 0.3 is 0 Å². The predicted molar refractivity (Wildman–Crippen MR) is 96.9 cm³/mol. The van der Waals surface area contributed by atoms with Crippen LogP contribution in [0.2, 0.25) is 0 Å². The number of hydrogen-bond acceptors (Lipinski definition) is 3. The average molecular weight is 343 g/mol. The fourth-order valence-electron chi connectivity index (χ4n) is 4.20. The number of carbonyl (C=O) groups excluding carboxylic acids is 2. The van der Waals surface area contributed by atoms with Gasteiger partial charge in [-0.2, -0.15) is 0 Å².